The second-order valence-corrected chi connectivity index (χ2v) is 7.45. The van der Waals surface area contributed by atoms with Gasteiger partial charge in [0.25, 0.3) is 0 Å². The Balaban J connectivity index is 1.87. The molecule has 0 saturated carbocycles. The summed E-state index contributed by atoms with van der Waals surface area (Å²) in [7, 11) is 0. The molecule has 2 nitrogen and oxygen atoms in total. The van der Waals surface area contributed by atoms with Gasteiger partial charge >= 0.3 is 0 Å². The minimum absolute atomic E-state index is 0.135. The quantitative estimate of drug-likeness (QED) is 0.755. The monoisotopic (exact) mass is 280 g/mol. The number of Topliss-reactive ketones (excluding diaryl/α,β-unsaturated/α-hetero) is 1. The van der Waals surface area contributed by atoms with Crippen molar-refractivity contribution in [2.45, 2.75) is 64.4 Å². The lowest BCUT2D eigenvalue weighted by Gasteiger charge is -2.21. The molecule has 0 spiro atoms. The number of ether oxygens (including phenoxy) is 1. The fourth-order valence-corrected chi connectivity index (χ4v) is 3.37. The number of ketones is 1. The molecule has 0 aliphatic carbocycles. The molecule has 0 N–H and O–H groups in total. The van der Waals surface area contributed by atoms with Gasteiger partial charge in [0, 0.05) is 17.9 Å². The molecule has 3 heteroatoms. The van der Waals surface area contributed by atoms with Crippen molar-refractivity contribution in [1.82, 2.24) is 0 Å². The normalized spacial score (nSPS) is 20.5. The van der Waals surface area contributed by atoms with Crippen molar-refractivity contribution in [3.05, 3.63) is 21.9 Å². The van der Waals surface area contributed by atoms with E-state index in [-0.39, 0.29) is 11.2 Å². The van der Waals surface area contributed by atoms with Crippen molar-refractivity contribution in [1.29, 1.82) is 0 Å². The Hall–Kier alpha value is -0.670. The predicted octanol–water partition coefficient (Wildman–Crippen LogP) is 4.58. The first-order chi connectivity index (χ1) is 8.97. The smallest absolute Gasteiger partial charge is 0.172 e. The number of rotatable bonds is 4. The Bertz CT molecular complexity index is 422. The third-order valence-corrected chi connectivity index (χ3v) is 5.14. The van der Waals surface area contributed by atoms with Crippen LogP contribution in [0.5, 0.6) is 0 Å². The van der Waals surface area contributed by atoms with Gasteiger partial charge in [0.1, 0.15) is 0 Å². The summed E-state index contributed by atoms with van der Waals surface area (Å²) < 4.78 is 5.67. The van der Waals surface area contributed by atoms with Gasteiger partial charge in [-0.3, -0.25) is 4.79 Å². The summed E-state index contributed by atoms with van der Waals surface area (Å²) in [5.41, 5.74) is 0.135. The molecule has 1 saturated heterocycles. The van der Waals surface area contributed by atoms with E-state index in [4.69, 9.17) is 4.74 Å². The van der Waals surface area contributed by atoms with Gasteiger partial charge in [0.05, 0.1) is 11.0 Å². The second-order valence-electron chi connectivity index (χ2n) is 6.36. The molecular weight excluding hydrogens is 256 g/mol. The summed E-state index contributed by atoms with van der Waals surface area (Å²) in [6.45, 7) is 7.42. The van der Waals surface area contributed by atoms with Crippen molar-refractivity contribution in [3.8, 4) is 0 Å². The van der Waals surface area contributed by atoms with E-state index in [0.29, 0.717) is 12.5 Å². The van der Waals surface area contributed by atoms with Crippen LogP contribution in [0.25, 0.3) is 0 Å². The maximum atomic E-state index is 12.2. The minimum atomic E-state index is 0.135. The van der Waals surface area contributed by atoms with Crippen molar-refractivity contribution in [2.24, 2.45) is 0 Å². The van der Waals surface area contributed by atoms with Crippen LogP contribution in [0.3, 0.4) is 0 Å². The number of carbonyl (C=O) groups excluding carboxylic acids is 1. The molecule has 1 atom stereocenters. The Morgan fingerprint density at radius 3 is 2.74 bits per heavy atom. The lowest BCUT2D eigenvalue weighted by Crippen LogP contribution is -2.19. The molecule has 2 heterocycles. The fourth-order valence-electron chi connectivity index (χ4n) is 2.34. The Morgan fingerprint density at radius 1 is 1.37 bits per heavy atom. The Kier molecular flexibility index (Phi) is 4.80. The molecule has 1 aliphatic heterocycles. The zero-order chi connectivity index (χ0) is 13.9. The van der Waals surface area contributed by atoms with E-state index in [2.05, 4.69) is 26.8 Å². The van der Waals surface area contributed by atoms with E-state index in [1.165, 1.54) is 17.7 Å². The van der Waals surface area contributed by atoms with Gasteiger partial charge in [-0.2, -0.15) is 0 Å². The number of thiophene rings is 1. The molecule has 106 valence electrons. The SMILES string of the molecule is CC(C)(C)c1ccc(C(=O)CCC2CCCCO2)s1. The highest BCUT2D eigenvalue weighted by molar-refractivity contribution is 7.14. The molecule has 1 fully saturated rings. The first-order valence-corrected chi connectivity index (χ1v) is 8.03. The van der Waals surface area contributed by atoms with E-state index < -0.39 is 0 Å². The van der Waals surface area contributed by atoms with Crippen LogP contribution in [0.4, 0.5) is 0 Å². The maximum absolute atomic E-state index is 12.2. The molecule has 0 radical (unpaired) electrons. The molecule has 1 aliphatic rings. The zero-order valence-electron chi connectivity index (χ0n) is 12.2. The first kappa shape index (κ1) is 14.7. The van der Waals surface area contributed by atoms with Crippen molar-refractivity contribution in [2.75, 3.05) is 6.61 Å². The van der Waals surface area contributed by atoms with Crippen LogP contribution in [0.1, 0.15) is 67.4 Å². The highest BCUT2D eigenvalue weighted by atomic mass is 32.1. The summed E-state index contributed by atoms with van der Waals surface area (Å²) in [6.07, 6.45) is 5.33. The highest BCUT2D eigenvalue weighted by Crippen LogP contribution is 2.30. The largest absolute Gasteiger partial charge is 0.378 e. The van der Waals surface area contributed by atoms with Gasteiger partial charge < -0.3 is 4.74 Å². The fraction of sp³-hybridized carbons (Fsp3) is 0.688. The third-order valence-electron chi connectivity index (χ3n) is 3.59. The van der Waals surface area contributed by atoms with Gasteiger partial charge in [-0.25, -0.2) is 0 Å². The van der Waals surface area contributed by atoms with E-state index in [1.807, 2.05) is 6.07 Å². The lowest BCUT2D eigenvalue weighted by molar-refractivity contribution is 0.0105. The molecule has 1 unspecified atom stereocenters. The van der Waals surface area contributed by atoms with E-state index in [1.54, 1.807) is 11.3 Å². The second kappa shape index (κ2) is 6.19. The van der Waals surface area contributed by atoms with E-state index >= 15 is 0 Å². The average molecular weight is 280 g/mol. The van der Waals surface area contributed by atoms with Crippen LogP contribution in [0.15, 0.2) is 12.1 Å². The standard InChI is InChI=1S/C16H24O2S/c1-16(2,3)15-10-9-14(19-15)13(17)8-7-12-6-4-5-11-18-12/h9-10,12H,4-8,11H2,1-3H3. The summed E-state index contributed by atoms with van der Waals surface area (Å²) in [4.78, 5) is 14.4. The molecule has 2 rings (SSSR count). The topological polar surface area (TPSA) is 26.3 Å². The molecular formula is C16H24O2S. The molecule has 19 heavy (non-hydrogen) atoms. The van der Waals surface area contributed by atoms with Crippen LogP contribution in [-0.4, -0.2) is 18.5 Å². The van der Waals surface area contributed by atoms with Gasteiger partial charge in [-0.15, -0.1) is 11.3 Å². The van der Waals surface area contributed by atoms with Crippen molar-refractivity contribution < 1.29 is 9.53 Å². The first-order valence-electron chi connectivity index (χ1n) is 7.22. The zero-order valence-corrected chi connectivity index (χ0v) is 13.0. The van der Waals surface area contributed by atoms with E-state index in [9.17, 15) is 4.79 Å². The number of hydrogen-bond donors (Lipinski definition) is 0. The Morgan fingerprint density at radius 2 is 2.16 bits per heavy atom. The summed E-state index contributed by atoms with van der Waals surface area (Å²) in [6, 6.07) is 4.07. The maximum Gasteiger partial charge on any atom is 0.172 e. The molecule has 0 bridgehead atoms. The van der Waals surface area contributed by atoms with Crippen LogP contribution in [-0.2, 0) is 10.2 Å². The summed E-state index contributed by atoms with van der Waals surface area (Å²) in [5.74, 6) is 0.273. The molecule has 1 aromatic rings. The third kappa shape index (κ3) is 4.15. The Labute approximate surface area is 120 Å². The summed E-state index contributed by atoms with van der Waals surface area (Å²) >= 11 is 1.64. The van der Waals surface area contributed by atoms with Crippen LogP contribution >= 0.6 is 11.3 Å². The summed E-state index contributed by atoms with van der Waals surface area (Å²) in [5, 5.41) is 0. The molecule has 0 amide bonds. The predicted molar refractivity (Wildman–Crippen MR) is 80.2 cm³/mol. The average Bonchev–Trinajstić information content (AvgIpc) is 2.87. The molecule has 1 aromatic heterocycles. The van der Waals surface area contributed by atoms with Crippen LogP contribution < -0.4 is 0 Å². The highest BCUT2D eigenvalue weighted by Gasteiger charge is 2.20. The lowest BCUT2D eigenvalue weighted by atomic mass is 9.95. The van der Waals surface area contributed by atoms with Crippen LogP contribution in [0, 0.1) is 0 Å². The van der Waals surface area contributed by atoms with Gasteiger partial charge in [0.2, 0.25) is 0 Å². The van der Waals surface area contributed by atoms with Gasteiger partial charge in [-0.05, 0) is 43.2 Å². The molecule has 0 aromatic carbocycles. The van der Waals surface area contributed by atoms with Crippen molar-refractivity contribution in [3.63, 3.8) is 0 Å². The number of hydrogen-bond acceptors (Lipinski definition) is 3. The van der Waals surface area contributed by atoms with Crippen LogP contribution in [0.2, 0.25) is 0 Å². The minimum Gasteiger partial charge on any atom is -0.378 e. The van der Waals surface area contributed by atoms with Crippen molar-refractivity contribution >= 4 is 17.1 Å². The number of carbonyl (C=O) groups is 1. The van der Waals surface area contributed by atoms with Gasteiger partial charge in [-0.1, -0.05) is 20.8 Å². The van der Waals surface area contributed by atoms with Gasteiger partial charge in [0.15, 0.2) is 5.78 Å². The van der Waals surface area contributed by atoms with E-state index in [0.717, 1.165) is 24.3 Å².